The Bertz CT molecular complexity index is 1100. The molecule has 2 aromatic carbocycles. The summed E-state index contributed by atoms with van der Waals surface area (Å²) in [6, 6.07) is 17.6. The number of carbonyl (C=O) groups excluding carboxylic acids is 3. The molecule has 160 valence electrons. The minimum absolute atomic E-state index is 0.113. The van der Waals surface area contributed by atoms with Crippen molar-refractivity contribution in [3.8, 4) is 0 Å². The lowest BCUT2D eigenvalue weighted by Gasteiger charge is -2.34. The molecule has 0 saturated carbocycles. The number of aromatic amines is 1. The van der Waals surface area contributed by atoms with Gasteiger partial charge in [0.05, 0.1) is 5.56 Å². The van der Waals surface area contributed by atoms with Crippen LogP contribution in [-0.4, -0.2) is 58.6 Å². The molecule has 2 heterocycles. The summed E-state index contributed by atoms with van der Waals surface area (Å²) in [6.07, 6.45) is 2.18. The number of amides is 2. The summed E-state index contributed by atoms with van der Waals surface area (Å²) in [5.41, 5.74) is 3.23. The highest BCUT2D eigenvalue weighted by Crippen LogP contribution is 2.23. The Hall–Kier alpha value is -3.41. The number of aryl methyl sites for hydroxylation is 2. The monoisotopic (exact) mass is 417 g/mol. The molecular weight excluding hydrogens is 390 g/mol. The van der Waals surface area contributed by atoms with E-state index in [0.717, 1.165) is 23.7 Å². The predicted octanol–water partition coefficient (Wildman–Crippen LogP) is 3.35. The van der Waals surface area contributed by atoms with Gasteiger partial charge in [-0.15, -0.1) is 0 Å². The molecule has 1 aliphatic rings. The van der Waals surface area contributed by atoms with Crippen LogP contribution in [0.3, 0.4) is 0 Å². The zero-order valence-corrected chi connectivity index (χ0v) is 17.8. The highest BCUT2D eigenvalue weighted by Gasteiger charge is 2.30. The molecule has 6 nitrogen and oxygen atoms in total. The van der Waals surface area contributed by atoms with Gasteiger partial charge in [-0.25, -0.2) is 0 Å². The van der Waals surface area contributed by atoms with Gasteiger partial charge in [-0.3, -0.25) is 14.4 Å². The van der Waals surface area contributed by atoms with Crippen molar-refractivity contribution in [2.45, 2.75) is 26.2 Å². The average molecular weight is 418 g/mol. The zero-order chi connectivity index (χ0) is 21.8. The average Bonchev–Trinajstić information content (AvgIpc) is 3.14. The van der Waals surface area contributed by atoms with Crippen molar-refractivity contribution in [1.29, 1.82) is 0 Å². The van der Waals surface area contributed by atoms with Gasteiger partial charge in [0.1, 0.15) is 0 Å². The summed E-state index contributed by atoms with van der Waals surface area (Å²) in [5.74, 6) is -0.872. The summed E-state index contributed by atoms with van der Waals surface area (Å²) in [7, 11) is 0. The first kappa shape index (κ1) is 20.8. The molecule has 1 fully saturated rings. The van der Waals surface area contributed by atoms with Gasteiger partial charge >= 0.3 is 0 Å². The Labute approximate surface area is 181 Å². The third kappa shape index (κ3) is 4.53. The Morgan fingerprint density at radius 1 is 0.871 bits per heavy atom. The second-order valence-corrected chi connectivity index (χ2v) is 8.01. The van der Waals surface area contributed by atoms with Crippen LogP contribution in [0.2, 0.25) is 0 Å². The van der Waals surface area contributed by atoms with E-state index < -0.39 is 11.7 Å². The minimum Gasteiger partial charge on any atom is -0.358 e. The van der Waals surface area contributed by atoms with Gasteiger partial charge < -0.3 is 14.8 Å². The zero-order valence-electron chi connectivity index (χ0n) is 17.8. The molecule has 1 N–H and O–H groups in total. The molecule has 31 heavy (non-hydrogen) atoms. The summed E-state index contributed by atoms with van der Waals surface area (Å²) in [5, 5.41) is 0.769. The molecule has 4 rings (SSSR count). The topological polar surface area (TPSA) is 73.5 Å². The minimum atomic E-state index is -0.496. The standard InChI is InChI=1S/C25H27N3O3/c1-18-23(20-11-5-6-12-21(20)26-18)24(30)25(31)28-16-14-27(15-17-28)22(29)13-7-10-19-8-3-2-4-9-19/h2-6,8-9,11-12,26H,7,10,13-17H2,1H3. The van der Waals surface area contributed by atoms with Crippen LogP contribution in [0, 0.1) is 6.92 Å². The molecule has 3 aromatic rings. The number of nitrogens with one attached hydrogen (secondary N) is 1. The van der Waals surface area contributed by atoms with E-state index in [4.69, 9.17) is 0 Å². The van der Waals surface area contributed by atoms with Crippen molar-refractivity contribution in [3.05, 3.63) is 71.4 Å². The number of hydrogen-bond acceptors (Lipinski definition) is 3. The lowest BCUT2D eigenvalue weighted by Crippen LogP contribution is -2.52. The molecule has 1 aromatic heterocycles. The number of aromatic nitrogens is 1. The number of hydrogen-bond donors (Lipinski definition) is 1. The summed E-state index contributed by atoms with van der Waals surface area (Å²) >= 11 is 0. The van der Waals surface area contributed by atoms with Gasteiger partial charge in [0.2, 0.25) is 5.91 Å². The van der Waals surface area contributed by atoms with E-state index in [1.54, 1.807) is 9.80 Å². The number of Topliss-reactive ketones (excluding diaryl/α,β-unsaturated/α-hetero) is 1. The van der Waals surface area contributed by atoms with Crippen LogP contribution >= 0.6 is 0 Å². The lowest BCUT2D eigenvalue weighted by molar-refractivity contribution is -0.137. The van der Waals surface area contributed by atoms with E-state index in [-0.39, 0.29) is 5.91 Å². The highest BCUT2D eigenvalue weighted by molar-refractivity contribution is 6.45. The van der Waals surface area contributed by atoms with Gasteiger partial charge in [-0.1, -0.05) is 48.5 Å². The number of piperazine rings is 1. The quantitative estimate of drug-likeness (QED) is 0.494. The van der Waals surface area contributed by atoms with Gasteiger partial charge in [0.25, 0.3) is 11.7 Å². The fraction of sp³-hybridized carbons (Fsp3) is 0.320. The lowest BCUT2D eigenvalue weighted by atomic mass is 10.1. The van der Waals surface area contributed by atoms with Crippen molar-refractivity contribution in [2.24, 2.45) is 0 Å². The second-order valence-electron chi connectivity index (χ2n) is 8.01. The summed E-state index contributed by atoms with van der Waals surface area (Å²) in [4.78, 5) is 44.9. The van der Waals surface area contributed by atoms with E-state index in [0.29, 0.717) is 43.9 Å². The Morgan fingerprint density at radius 3 is 2.26 bits per heavy atom. The normalized spacial score (nSPS) is 14.1. The molecule has 0 aliphatic carbocycles. The maximum atomic E-state index is 12.9. The highest BCUT2D eigenvalue weighted by atomic mass is 16.2. The number of ketones is 1. The van der Waals surface area contributed by atoms with Crippen LogP contribution in [0.1, 0.15) is 34.5 Å². The van der Waals surface area contributed by atoms with Crippen molar-refractivity contribution in [1.82, 2.24) is 14.8 Å². The molecule has 1 aliphatic heterocycles. The van der Waals surface area contributed by atoms with Crippen molar-refractivity contribution in [3.63, 3.8) is 0 Å². The second kappa shape index (κ2) is 9.16. The van der Waals surface area contributed by atoms with Gasteiger partial charge in [-0.05, 0) is 31.4 Å². The van der Waals surface area contributed by atoms with E-state index in [1.165, 1.54) is 5.56 Å². The first-order valence-corrected chi connectivity index (χ1v) is 10.8. The van der Waals surface area contributed by atoms with E-state index in [2.05, 4.69) is 17.1 Å². The van der Waals surface area contributed by atoms with E-state index >= 15 is 0 Å². The first-order valence-electron chi connectivity index (χ1n) is 10.8. The number of fused-ring (bicyclic) bond motifs is 1. The number of nitrogens with zero attached hydrogens (tertiary/aromatic N) is 2. The van der Waals surface area contributed by atoms with Crippen molar-refractivity contribution >= 4 is 28.5 Å². The van der Waals surface area contributed by atoms with Gasteiger partial charge in [-0.2, -0.15) is 0 Å². The molecule has 0 atom stereocenters. The smallest absolute Gasteiger partial charge is 0.295 e. The summed E-state index contributed by atoms with van der Waals surface area (Å²) in [6.45, 7) is 3.52. The Kier molecular flexibility index (Phi) is 6.16. The fourth-order valence-corrected chi connectivity index (χ4v) is 4.23. The van der Waals surface area contributed by atoms with Crippen LogP contribution in [-0.2, 0) is 16.0 Å². The van der Waals surface area contributed by atoms with Crippen molar-refractivity contribution < 1.29 is 14.4 Å². The van der Waals surface area contributed by atoms with E-state index in [1.807, 2.05) is 49.4 Å². The number of carbonyl (C=O) groups is 3. The van der Waals surface area contributed by atoms with Crippen LogP contribution in [0.5, 0.6) is 0 Å². The third-order valence-electron chi connectivity index (χ3n) is 5.93. The molecule has 0 unspecified atom stereocenters. The van der Waals surface area contributed by atoms with E-state index in [9.17, 15) is 14.4 Å². The maximum absolute atomic E-state index is 12.9. The van der Waals surface area contributed by atoms with Gasteiger partial charge in [0, 0.05) is 49.2 Å². The molecular formula is C25H27N3O3. The molecule has 2 amide bonds. The summed E-state index contributed by atoms with van der Waals surface area (Å²) < 4.78 is 0. The Balaban J connectivity index is 1.30. The van der Waals surface area contributed by atoms with Crippen LogP contribution in [0.25, 0.3) is 10.9 Å². The van der Waals surface area contributed by atoms with Gasteiger partial charge in [0.15, 0.2) is 0 Å². The van der Waals surface area contributed by atoms with Crippen LogP contribution in [0.15, 0.2) is 54.6 Å². The SMILES string of the molecule is Cc1[nH]c2ccccc2c1C(=O)C(=O)N1CCN(C(=O)CCCc2ccccc2)CC1. The maximum Gasteiger partial charge on any atom is 0.295 e. The molecule has 0 radical (unpaired) electrons. The molecule has 0 spiro atoms. The molecule has 6 heteroatoms. The number of H-pyrrole nitrogens is 1. The molecule has 1 saturated heterocycles. The van der Waals surface area contributed by atoms with Crippen LogP contribution in [0.4, 0.5) is 0 Å². The predicted molar refractivity (Wildman–Crippen MR) is 120 cm³/mol. The van der Waals surface area contributed by atoms with Crippen LogP contribution < -0.4 is 0 Å². The number of rotatable bonds is 6. The largest absolute Gasteiger partial charge is 0.358 e. The third-order valence-corrected chi connectivity index (χ3v) is 5.93. The first-order chi connectivity index (χ1) is 15.0. The van der Waals surface area contributed by atoms with Crippen molar-refractivity contribution in [2.75, 3.05) is 26.2 Å². The number of para-hydroxylation sites is 1. The number of benzene rings is 2. The Morgan fingerprint density at radius 2 is 1.52 bits per heavy atom. The fourth-order valence-electron chi connectivity index (χ4n) is 4.23. The molecule has 0 bridgehead atoms.